The lowest BCUT2D eigenvalue weighted by molar-refractivity contribution is -0.141. The van der Waals surface area contributed by atoms with E-state index in [1.807, 2.05) is 47.1 Å². The topological polar surface area (TPSA) is 165 Å². The van der Waals surface area contributed by atoms with Gasteiger partial charge in [-0.25, -0.2) is 14.8 Å². The number of amides is 2. The normalized spacial score (nSPS) is 21.6. The first-order valence-electron chi connectivity index (χ1n) is 30.2. The van der Waals surface area contributed by atoms with E-state index < -0.39 is 5.97 Å². The van der Waals surface area contributed by atoms with Crippen molar-refractivity contribution in [1.82, 2.24) is 18.9 Å². The molecule has 12 rings (SSSR count). The fourth-order valence-electron chi connectivity index (χ4n) is 13.3. The molecule has 15 nitrogen and oxygen atoms in total. The number of oxime groups is 2. The molecular formula is C66H78N8O7. The molecule has 15 heteroatoms. The number of carbonyl (C=O) groups excluding carboxylic acids is 3. The van der Waals surface area contributed by atoms with E-state index in [0.29, 0.717) is 35.0 Å². The van der Waals surface area contributed by atoms with Gasteiger partial charge in [-0.15, -0.1) is 0 Å². The van der Waals surface area contributed by atoms with Crippen molar-refractivity contribution in [2.24, 2.45) is 20.3 Å². The molecule has 6 fully saturated rings. The number of aromatic nitrogens is 2. The van der Waals surface area contributed by atoms with E-state index >= 15 is 0 Å². The van der Waals surface area contributed by atoms with Crippen LogP contribution < -0.4 is 0 Å². The van der Waals surface area contributed by atoms with Gasteiger partial charge >= 0.3 is 18.0 Å². The summed E-state index contributed by atoms with van der Waals surface area (Å²) in [5, 5.41) is 21.0. The molecule has 2 aromatic heterocycles. The number of hydrogen-bond donors (Lipinski definition) is 1. The third-order valence-corrected chi connectivity index (χ3v) is 17.6. The number of benzene rings is 4. The number of hydrogen-bond acceptors (Lipinski definition) is 11. The summed E-state index contributed by atoms with van der Waals surface area (Å²) >= 11 is 0. The van der Waals surface area contributed by atoms with Crippen molar-refractivity contribution in [3.63, 3.8) is 0 Å². The monoisotopic (exact) mass is 1090 g/mol. The predicted octanol–water partition coefficient (Wildman–Crippen LogP) is 14.6. The second kappa shape index (κ2) is 24.7. The standard InChI is InChI=1S/C34H40N4O4.C32H38N4O3/c1-4-37-30-17-15-24(19-28(30)29-21-25(16-18-31(29)37)22(2)36-42-23(3)39)20-32-33(40)38(27-13-9-6-10-14-27)34(41-32)35-26-11-7-5-8-12-26;1-3-35-28-16-14-22(18-26(28)27-20-23(21(2)34-38)15-17-29(27)35)19-30-31(37)36(25-12-8-5-9-13-25)32(39-30)33-24-10-6-4-7-11-24/h15-21,26-27H,4-14H2,1-3H3;14-20,24-25,38H,3-13H2,1-2H3/b32-20-,35-34?,36-22+;30-19-,33-32?,34-21+. The van der Waals surface area contributed by atoms with Gasteiger partial charge in [0.15, 0.2) is 11.5 Å². The maximum atomic E-state index is 13.8. The van der Waals surface area contributed by atoms with Gasteiger partial charge in [0, 0.05) is 75.7 Å². The molecule has 1 N–H and O–H groups in total. The quantitative estimate of drug-likeness (QED) is 0.0443. The summed E-state index contributed by atoms with van der Waals surface area (Å²) in [7, 11) is 0. The molecule has 81 heavy (non-hydrogen) atoms. The first-order chi connectivity index (χ1) is 39.5. The van der Waals surface area contributed by atoms with Gasteiger partial charge < -0.3 is 28.7 Å². The molecule has 0 atom stereocenters. The Morgan fingerprint density at radius 1 is 0.531 bits per heavy atom. The summed E-state index contributed by atoms with van der Waals surface area (Å²) in [4.78, 5) is 57.4. The molecule has 4 heterocycles. The predicted molar refractivity (Wildman–Crippen MR) is 322 cm³/mol. The molecule has 6 aromatic rings. The maximum absolute atomic E-state index is 13.8. The summed E-state index contributed by atoms with van der Waals surface area (Å²) in [5.41, 5.74) is 9.26. The van der Waals surface area contributed by atoms with Crippen LogP contribution in [-0.4, -0.2) is 89.6 Å². The molecule has 2 amide bonds. The highest BCUT2D eigenvalue weighted by Crippen LogP contribution is 2.37. The Kier molecular flexibility index (Phi) is 16.9. The highest BCUT2D eigenvalue weighted by molar-refractivity contribution is 6.15. The van der Waals surface area contributed by atoms with Crippen molar-refractivity contribution < 1.29 is 33.9 Å². The van der Waals surface area contributed by atoms with Crippen LogP contribution in [0.2, 0.25) is 0 Å². The van der Waals surface area contributed by atoms with Crippen LogP contribution in [0.3, 0.4) is 0 Å². The third-order valence-electron chi connectivity index (χ3n) is 17.6. The average Bonchev–Trinajstić information content (AvgIpc) is 4.38. The molecule has 2 aliphatic heterocycles. The fourth-order valence-corrected chi connectivity index (χ4v) is 13.3. The summed E-state index contributed by atoms with van der Waals surface area (Å²) in [6.45, 7) is 10.9. The third kappa shape index (κ3) is 11.7. The minimum Gasteiger partial charge on any atom is -0.420 e. The number of ether oxygens (including phenoxy) is 2. The van der Waals surface area contributed by atoms with Gasteiger partial charge in [0.2, 0.25) is 0 Å². The van der Waals surface area contributed by atoms with Gasteiger partial charge in [0.25, 0.3) is 11.8 Å². The van der Waals surface area contributed by atoms with Crippen LogP contribution in [0, 0.1) is 0 Å². The fraction of sp³-hybridized carbons (Fsp3) is 0.470. The van der Waals surface area contributed by atoms with E-state index in [2.05, 4.69) is 87.9 Å². The largest absolute Gasteiger partial charge is 0.420 e. The van der Waals surface area contributed by atoms with Gasteiger partial charge in [-0.2, -0.15) is 0 Å². The second-order valence-electron chi connectivity index (χ2n) is 23.0. The number of amidine groups is 2. The Bertz CT molecular complexity index is 3550. The summed E-state index contributed by atoms with van der Waals surface area (Å²) in [6.07, 6.45) is 26.3. The van der Waals surface area contributed by atoms with Crippen LogP contribution in [0.5, 0.6) is 0 Å². The minimum absolute atomic E-state index is 0.0652. The van der Waals surface area contributed by atoms with Crippen molar-refractivity contribution in [2.45, 2.75) is 200 Å². The van der Waals surface area contributed by atoms with Crippen molar-refractivity contribution >= 4 is 97.0 Å². The zero-order chi connectivity index (χ0) is 56.1. The Morgan fingerprint density at radius 2 is 0.901 bits per heavy atom. The molecule has 424 valence electrons. The van der Waals surface area contributed by atoms with Gasteiger partial charge in [0.1, 0.15) is 0 Å². The van der Waals surface area contributed by atoms with E-state index in [9.17, 15) is 19.6 Å². The van der Waals surface area contributed by atoms with E-state index in [4.69, 9.17) is 24.3 Å². The SMILES string of the molecule is CCn1c2ccc(/C=C3\OC(=NC4CCCCC4)N(C4CCCCC4)C3=O)cc2c2cc(/C(C)=N/O)ccc21.CCn1c2ccc(/C=C3\OC(=NC4CCCCC4)N(C4CCCCC4)C3=O)cc2c2cc(/C(C)=N/OC(C)=O)ccc21. The van der Waals surface area contributed by atoms with Crippen LogP contribution >= 0.6 is 0 Å². The lowest BCUT2D eigenvalue weighted by Gasteiger charge is -2.29. The van der Waals surface area contributed by atoms with Crippen molar-refractivity contribution in [3.05, 3.63) is 107 Å². The van der Waals surface area contributed by atoms with Crippen LogP contribution in [0.15, 0.2) is 105 Å². The van der Waals surface area contributed by atoms with Crippen LogP contribution in [0.1, 0.15) is 185 Å². The molecule has 0 spiro atoms. The van der Waals surface area contributed by atoms with E-state index in [1.54, 1.807) is 6.92 Å². The molecule has 4 aromatic carbocycles. The lowest BCUT2D eigenvalue weighted by atomic mass is 9.94. The van der Waals surface area contributed by atoms with Gasteiger partial charge in [0.05, 0.1) is 23.5 Å². The second-order valence-corrected chi connectivity index (χ2v) is 23.0. The molecule has 0 radical (unpaired) electrons. The van der Waals surface area contributed by atoms with E-state index in [1.165, 1.54) is 58.3 Å². The smallest absolute Gasteiger partial charge is 0.331 e. The molecule has 2 saturated heterocycles. The van der Waals surface area contributed by atoms with Gasteiger partial charge in [-0.1, -0.05) is 112 Å². The molecule has 4 saturated carbocycles. The first kappa shape index (κ1) is 55.4. The van der Waals surface area contributed by atoms with E-state index in [-0.39, 0.29) is 36.0 Å². The van der Waals surface area contributed by atoms with Crippen molar-refractivity contribution in [1.29, 1.82) is 0 Å². The molecule has 0 unspecified atom stereocenters. The van der Waals surface area contributed by atoms with Crippen molar-refractivity contribution in [3.8, 4) is 0 Å². The zero-order valence-electron chi connectivity index (χ0n) is 47.9. The highest BCUT2D eigenvalue weighted by Gasteiger charge is 2.42. The number of aliphatic imine (C=N–C) groups is 2. The minimum atomic E-state index is -0.451. The Labute approximate surface area is 475 Å². The maximum Gasteiger partial charge on any atom is 0.331 e. The lowest BCUT2D eigenvalue weighted by Crippen LogP contribution is -2.41. The molecule has 4 aliphatic carbocycles. The Hall–Kier alpha value is -7.55. The van der Waals surface area contributed by atoms with Gasteiger partial charge in [-0.05, 0) is 162 Å². The van der Waals surface area contributed by atoms with Gasteiger partial charge in [-0.3, -0.25) is 19.4 Å². The van der Waals surface area contributed by atoms with E-state index in [0.717, 1.165) is 156 Å². The van der Waals surface area contributed by atoms with Crippen molar-refractivity contribution in [2.75, 3.05) is 0 Å². The summed E-state index contributed by atoms with van der Waals surface area (Å²) < 4.78 is 17.1. The average molecular weight is 1100 g/mol. The number of rotatable bonds is 11. The van der Waals surface area contributed by atoms with Crippen LogP contribution in [-0.2, 0) is 41.8 Å². The number of nitrogens with zero attached hydrogens (tertiary/aromatic N) is 8. The first-order valence-corrected chi connectivity index (χ1v) is 30.2. The summed E-state index contributed by atoms with van der Waals surface area (Å²) in [6, 6.07) is 26.7. The molecule has 0 bridgehead atoms. The zero-order valence-corrected chi connectivity index (χ0v) is 47.9. The Balaban J connectivity index is 0.000000171. The molecule has 6 aliphatic rings. The number of carbonyl (C=O) groups is 3. The number of fused-ring (bicyclic) bond motifs is 6. The number of aryl methyl sites for hydroxylation is 2. The highest BCUT2D eigenvalue weighted by atomic mass is 16.7. The molecular weight excluding hydrogens is 1020 g/mol. The van der Waals surface area contributed by atoms with Crippen LogP contribution in [0.25, 0.3) is 55.8 Å². The summed E-state index contributed by atoms with van der Waals surface area (Å²) in [5.74, 6) is 0.113. The van der Waals surface area contributed by atoms with Crippen LogP contribution in [0.4, 0.5) is 0 Å². The Morgan fingerprint density at radius 3 is 1.28 bits per heavy atom.